The first-order valence-corrected chi connectivity index (χ1v) is 12.6. The van der Waals surface area contributed by atoms with Crippen molar-refractivity contribution in [3.63, 3.8) is 0 Å². The highest BCUT2D eigenvalue weighted by Gasteiger charge is 2.41. The molecule has 0 radical (unpaired) electrons. The number of fused-ring (bicyclic) bond motifs is 3. The van der Waals surface area contributed by atoms with Crippen LogP contribution >= 0.6 is 31.9 Å². The lowest BCUT2D eigenvalue weighted by atomic mass is 9.89. The molecule has 0 fully saturated rings. The van der Waals surface area contributed by atoms with E-state index in [0.717, 1.165) is 53.7 Å². The number of halogens is 2. The number of aryl methyl sites for hydroxylation is 1. The van der Waals surface area contributed by atoms with Crippen molar-refractivity contribution in [1.82, 2.24) is 5.16 Å². The number of hydrogen-bond acceptors (Lipinski definition) is 4. The Labute approximate surface area is 214 Å². The minimum atomic E-state index is -0.425. The fourth-order valence-electron chi connectivity index (χ4n) is 4.73. The third kappa shape index (κ3) is 3.53. The predicted molar refractivity (Wildman–Crippen MR) is 141 cm³/mol. The molecule has 0 aliphatic carbocycles. The molecular weight excluding hydrogens is 556 g/mol. The monoisotopic (exact) mass is 574 g/mol. The van der Waals surface area contributed by atoms with Crippen molar-refractivity contribution in [1.29, 1.82) is 0 Å². The van der Waals surface area contributed by atoms with Crippen LogP contribution in [-0.2, 0) is 0 Å². The van der Waals surface area contributed by atoms with Gasteiger partial charge in [0.05, 0.1) is 6.04 Å². The molecule has 0 amide bonds. The van der Waals surface area contributed by atoms with Crippen molar-refractivity contribution in [3.8, 4) is 5.75 Å². The van der Waals surface area contributed by atoms with Crippen molar-refractivity contribution in [2.45, 2.75) is 19.2 Å². The van der Waals surface area contributed by atoms with E-state index in [2.05, 4.69) is 103 Å². The highest BCUT2D eigenvalue weighted by atomic mass is 79.9. The van der Waals surface area contributed by atoms with Crippen molar-refractivity contribution in [2.75, 3.05) is 4.90 Å². The van der Waals surface area contributed by atoms with E-state index in [4.69, 9.17) is 9.26 Å². The number of hydrogen-bond donors (Lipinski definition) is 0. The summed E-state index contributed by atoms with van der Waals surface area (Å²) < 4.78 is 14.3. The van der Waals surface area contributed by atoms with Gasteiger partial charge < -0.3 is 14.2 Å². The van der Waals surface area contributed by atoms with E-state index in [1.54, 1.807) is 0 Å². The van der Waals surface area contributed by atoms with E-state index in [0.29, 0.717) is 0 Å². The van der Waals surface area contributed by atoms with Crippen molar-refractivity contribution < 1.29 is 9.26 Å². The van der Waals surface area contributed by atoms with Crippen LogP contribution in [0.15, 0.2) is 104 Å². The number of nitrogens with zero attached hydrogens (tertiary/aromatic N) is 2. The van der Waals surface area contributed by atoms with E-state index in [9.17, 15) is 0 Å². The Kier molecular flexibility index (Phi) is 5.42. The predicted octanol–water partition coefficient (Wildman–Crippen LogP) is 8.35. The maximum atomic E-state index is 6.77. The van der Waals surface area contributed by atoms with Crippen LogP contribution in [0.2, 0.25) is 0 Å². The van der Waals surface area contributed by atoms with Gasteiger partial charge >= 0.3 is 0 Å². The van der Waals surface area contributed by atoms with Crippen molar-refractivity contribution >= 4 is 48.5 Å². The minimum Gasteiger partial charge on any atom is -0.466 e. The molecule has 1 aliphatic rings. The van der Waals surface area contributed by atoms with Crippen LogP contribution in [0.4, 0.5) is 5.82 Å². The van der Waals surface area contributed by atoms with Crippen LogP contribution in [0, 0.1) is 6.92 Å². The Morgan fingerprint density at radius 3 is 2.18 bits per heavy atom. The fraction of sp³-hybridized carbons (Fsp3) is 0.107. The van der Waals surface area contributed by atoms with Crippen LogP contribution < -0.4 is 9.64 Å². The molecule has 0 bridgehead atoms. The summed E-state index contributed by atoms with van der Waals surface area (Å²) in [6.07, 6.45) is -0.425. The smallest absolute Gasteiger partial charge is 0.201 e. The standard InChI is InChI=1S/C28H20Br2N2O2/c1-17-16-25(31-34-17)32-27(20-10-4-6-12-22(20)29)26-19-9-3-2-8-18(19)14-15-24(26)33-28(32)21-11-5-7-13-23(21)30/h2-16,27-28H,1H3. The maximum Gasteiger partial charge on any atom is 0.201 e. The lowest BCUT2D eigenvalue weighted by Crippen LogP contribution is -2.41. The Morgan fingerprint density at radius 1 is 0.794 bits per heavy atom. The minimum absolute atomic E-state index is 0.174. The van der Waals surface area contributed by atoms with Crippen LogP contribution in [0.5, 0.6) is 5.75 Å². The molecule has 6 heteroatoms. The summed E-state index contributed by atoms with van der Waals surface area (Å²) in [6, 6.07) is 30.9. The summed E-state index contributed by atoms with van der Waals surface area (Å²) in [6.45, 7) is 1.91. The molecule has 2 heterocycles. The molecule has 1 aromatic heterocycles. The number of benzene rings is 4. The van der Waals surface area contributed by atoms with Crippen molar-refractivity contribution in [2.24, 2.45) is 0 Å². The second-order valence-electron chi connectivity index (χ2n) is 8.32. The highest BCUT2D eigenvalue weighted by molar-refractivity contribution is 9.10. The molecule has 5 aromatic rings. The summed E-state index contributed by atoms with van der Waals surface area (Å²) in [5.74, 6) is 2.32. The average molecular weight is 576 g/mol. The molecule has 0 N–H and O–H groups in total. The van der Waals surface area contributed by atoms with Gasteiger partial charge in [0, 0.05) is 26.1 Å². The summed E-state index contributed by atoms with van der Waals surface area (Å²) in [7, 11) is 0. The first kappa shape index (κ1) is 21.4. The van der Waals surface area contributed by atoms with E-state index in [1.165, 1.54) is 0 Å². The lowest BCUT2D eigenvalue weighted by molar-refractivity contribution is 0.167. The molecule has 2 atom stereocenters. The zero-order chi connectivity index (χ0) is 23.2. The quantitative estimate of drug-likeness (QED) is 0.217. The molecule has 1 aliphatic heterocycles. The molecule has 6 rings (SSSR count). The molecule has 4 nitrogen and oxygen atoms in total. The van der Waals surface area contributed by atoms with Gasteiger partial charge in [-0.3, -0.25) is 0 Å². The van der Waals surface area contributed by atoms with Gasteiger partial charge in [-0.1, -0.05) is 104 Å². The normalized spacial score (nSPS) is 17.4. The first-order valence-electron chi connectivity index (χ1n) is 11.0. The number of aromatic nitrogens is 1. The average Bonchev–Trinajstić information content (AvgIpc) is 3.29. The van der Waals surface area contributed by atoms with Gasteiger partial charge in [0.1, 0.15) is 11.5 Å². The second-order valence-corrected chi connectivity index (χ2v) is 10.0. The Bertz CT molecular complexity index is 1510. The zero-order valence-corrected chi connectivity index (χ0v) is 21.5. The summed E-state index contributed by atoms with van der Waals surface area (Å²) in [5.41, 5.74) is 3.24. The third-order valence-electron chi connectivity index (χ3n) is 6.22. The molecule has 0 spiro atoms. The van der Waals surface area contributed by atoms with Crippen LogP contribution in [0.3, 0.4) is 0 Å². The Balaban J connectivity index is 1.70. The molecule has 34 heavy (non-hydrogen) atoms. The first-order chi connectivity index (χ1) is 16.6. The van der Waals surface area contributed by atoms with Gasteiger partial charge in [0.2, 0.25) is 6.23 Å². The summed E-state index contributed by atoms with van der Waals surface area (Å²) in [4.78, 5) is 2.21. The topological polar surface area (TPSA) is 38.5 Å². The molecule has 4 aromatic carbocycles. The van der Waals surface area contributed by atoms with Crippen LogP contribution in [0.25, 0.3) is 10.8 Å². The van der Waals surface area contributed by atoms with Gasteiger partial charge in [-0.25, -0.2) is 0 Å². The summed E-state index contributed by atoms with van der Waals surface area (Å²) in [5, 5.41) is 6.76. The number of ether oxygens (including phenoxy) is 1. The molecular formula is C28H20Br2N2O2. The largest absolute Gasteiger partial charge is 0.466 e. The number of rotatable bonds is 3. The van der Waals surface area contributed by atoms with Gasteiger partial charge in [-0.15, -0.1) is 0 Å². The SMILES string of the molecule is Cc1cc(N2C(c3ccccc3Br)Oc3ccc4ccccc4c3C2c2ccccc2Br)no1. The van der Waals surface area contributed by atoms with E-state index in [1.807, 2.05) is 37.3 Å². The van der Waals surface area contributed by atoms with Gasteiger partial charge in [0.15, 0.2) is 5.82 Å². The van der Waals surface area contributed by atoms with Gasteiger partial charge in [0.25, 0.3) is 0 Å². The maximum absolute atomic E-state index is 6.77. The molecule has 0 saturated carbocycles. The molecule has 0 saturated heterocycles. The van der Waals surface area contributed by atoms with E-state index in [-0.39, 0.29) is 6.04 Å². The highest BCUT2D eigenvalue weighted by Crippen LogP contribution is 2.51. The van der Waals surface area contributed by atoms with Crippen LogP contribution in [0.1, 0.15) is 34.7 Å². The van der Waals surface area contributed by atoms with Crippen molar-refractivity contribution in [3.05, 3.63) is 122 Å². The van der Waals surface area contributed by atoms with Crippen LogP contribution in [-0.4, -0.2) is 5.16 Å². The summed E-state index contributed by atoms with van der Waals surface area (Å²) >= 11 is 7.57. The van der Waals surface area contributed by atoms with Gasteiger partial charge in [-0.05, 0) is 41.5 Å². The Morgan fingerprint density at radius 2 is 1.47 bits per heavy atom. The fourth-order valence-corrected chi connectivity index (χ4v) is 5.71. The molecule has 2 unspecified atom stereocenters. The number of anilines is 1. The third-order valence-corrected chi connectivity index (χ3v) is 7.67. The zero-order valence-electron chi connectivity index (χ0n) is 18.3. The Hall–Kier alpha value is -3.09. The van der Waals surface area contributed by atoms with E-state index < -0.39 is 6.23 Å². The van der Waals surface area contributed by atoms with E-state index >= 15 is 0 Å². The second kappa shape index (κ2) is 8.60. The lowest BCUT2D eigenvalue weighted by Gasteiger charge is -2.44. The molecule has 168 valence electrons. The van der Waals surface area contributed by atoms with Gasteiger partial charge in [-0.2, -0.15) is 0 Å².